The van der Waals surface area contributed by atoms with Crippen LogP contribution in [0.25, 0.3) is 0 Å². The SMILES string of the molecule is O=C1c2ccc(Oc3ccc4c(c3)C(=O)N(CCCn3ccnc3)C4=O)cc2C(=O)N1CCCn1ccnc1. The van der Waals surface area contributed by atoms with Crippen molar-refractivity contribution in [3.05, 3.63) is 96.1 Å². The van der Waals surface area contributed by atoms with E-state index < -0.39 is 0 Å². The number of fused-ring (bicyclic) bond motifs is 2. The van der Waals surface area contributed by atoms with Gasteiger partial charge in [-0.2, -0.15) is 0 Å². The summed E-state index contributed by atoms with van der Waals surface area (Å²) in [5, 5.41) is 0. The maximum Gasteiger partial charge on any atom is 0.261 e. The monoisotopic (exact) mass is 524 g/mol. The molecule has 6 rings (SSSR count). The lowest BCUT2D eigenvalue weighted by molar-refractivity contribution is 0.0635. The number of ether oxygens (including phenoxy) is 1. The van der Waals surface area contributed by atoms with Crippen molar-refractivity contribution < 1.29 is 23.9 Å². The first kappa shape index (κ1) is 24.3. The van der Waals surface area contributed by atoms with Crippen molar-refractivity contribution in [2.75, 3.05) is 13.1 Å². The second kappa shape index (κ2) is 10.0. The number of rotatable bonds is 10. The molecule has 196 valence electrons. The Morgan fingerprint density at radius 2 is 1.00 bits per heavy atom. The first-order valence-electron chi connectivity index (χ1n) is 12.6. The Hall–Kier alpha value is -5.06. The maximum atomic E-state index is 13.0. The molecule has 2 aromatic carbocycles. The minimum Gasteiger partial charge on any atom is -0.457 e. The van der Waals surface area contributed by atoms with Crippen LogP contribution >= 0.6 is 0 Å². The molecule has 0 atom stereocenters. The molecule has 0 saturated heterocycles. The van der Waals surface area contributed by atoms with Gasteiger partial charge in [-0.15, -0.1) is 0 Å². The van der Waals surface area contributed by atoms with Gasteiger partial charge < -0.3 is 13.9 Å². The van der Waals surface area contributed by atoms with E-state index in [2.05, 4.69) is 9.97 Å². The first-order chi connectivity index (χ1) is 19.0. The number of hydrogen-bond donors (Lipinski definition) is 0. The average Bonchev–Trinajstić information content (AvgIpc) is 3.73. The van der Waals surface area contributed by atoms with Gasteiger partial charge in [0.05, 0.1) is 34.9 Å². The molecular formula is C28H24N6O5. The Bertz CT molecular complexity index is 1460. The number of carbonyl (C=O) groups is 4. The lowest BCUT2D eigenvalue weighted by Gasteiger charge is -2.13. The van der Waals surface area contributed by atoms with Crippen LogP contribution in [0.1, 0.15) is 54.3 Å². The van der Waals surface area contributed by atoms with Crippen LogP contribution in [0.3, 0.4) is 0 Å². The van der Waals surface area contributed by atoms with Crippen molar-refractivity contribution >= 4 is 23.6 Å². The smallest absolute Gasteiger partial charge is 0.261 e. The fraction of sp³-hybridized carbons (Fsp3) is 0.214. The Balaban J connectivity index is 1.12. The van der Waals surface area contributed by atoms with Crippen molar-refractivity contribution in [3.63, 3.8) is 0 Å². The van der Waals surface area contributed by atoms with Crippen molar-refractivity contribution in [1.82, 2.24) is 28.9 Å². The third-order valence-electron chi connectivity index (χ3n) is 6.83. The summed E-state index contributed by atoms with van der Waals surface area (Å²) in [7, 11) is 0. The van der Waals surface area contributed by atoms with Crippen molar-refractivity contribution in [1.29, 1.82) is 0 Å². The standard InChI is InChI=1S/C28H24N6O5/c35-25-21-5-3-19(15-23(21)27(37)33(25)11-1-9-31-13-7-29-17-31)39-20-4-6-22-24(16-20)28(38)34(26(22)36)12-2-10-32-14-8-30-18-32/h3-8,13-18H,1-2,9-12H2. The number of benzene rings is 2. The van der Waals surface area contributed by atoms with Crippen molar-refractivity contribution in [2.24, 2.45) is 0 Å². The quantitative estimate of drug-likeness (QED) is 0.292. The summed E-state index contributed by atoms with van der Waals surface area (Å²) in [4.78, 5) is 62.0. The largest absolute Gasteiger partial charge is 0.457 e. The van der Waals surface area contributed by atoms with Crippen LogP contribution < -0.4 is 4.74 Å². The zero-order chi connectivity index (χ0) is 26.9. The topological polar surface area (TPSA) is 120 Å². The highest BCUT2D eigenvalue weighted by atomic mass is 16.5. The minimum atomic E-state index is -0.368. The summed E-state index contributed by atoms with van der Waals surface area (Å²) in [6.07, 6.45) is 11.6. The van der Waals surface area contributed by atoms with E-state index in [4.69, 9.17) is 4.74 Å². The number of nitrogens with zero attached hydrogens (tertiary/aromatic N) is 6. The fourth-order valence-corrected chi connectivity index (χ4v) is 4.87. The molecule has 39 heavy (non-hydrogen) atoms. The average molecular weight is 525 g/mol. The lowest BCUT2D eigenvalue weighted by atomic mass is 10.1. The van der Waals surface area contributed by atoms with Gasteiger partial charge in [-0.25, -0.2) is 9.97 Å². The molecule has 0 saturated carbocycles. The minimum absolute atomic E-state index is 0.275. The zero-order valence-electron chi connectivity index (χ0n) is 20.9. The predicted octanol–water partition coefficient (Wildman–Crippen LogP) is 3.24. The first-order valence-corrected chi connectivity index (χ1v) is 12.6. The Labute approximate surface area is 223 Å². The van der Waals surface area contributed by atoms with Crippen LogP contribution in [0.4, 0.5) is 0 Å². The molecule has 4 aromatic rings. The van der Waals surface area contributed by atoms with E-state index in [0.717, 1.165) is 0 Å². The number of aromatic nitrogens is 4. The molecule has 0 bridgehead atoms. The van der Waals surface area contributed by atoms with Gasteiger partial charge in [0.2, 0.25) is 0 Å². The van der Waals surface area contributed by atoms with E-state index >= 15 is 0 Å². The maximum absolute atomic E-state index is 13.0. The summed E-state index contributed by atoms with van der Waals surface area (Å²) < 4.78 is 9.72. The fourth-order valence-electron chi connectivity index (χ4n) is 4.87. The van der Waals surface area contributed by atoms with Gasteiger partial charge in [-0.05, 0) is 49.2 Å². The highest BCUT2D eigenvalue weighted by molar-refractivity contribution is 6.22. The Kier molecular flexibility index (Phi) is 6.23. The van der Waals surface area contributed by atoms with Crippen LogP contribution in [0.15, 0.2) is 73.8 Å². The van der Waals surface area contributed by atoms with E-state index in [1.165, 1.54) is 21.9 Å². The number of imidazole rings is 2. The number of hydrogen-bond acceptors (Lipinski definition) is 7. The Morgan fingerprint density at radius 3 is 1.41 bits per heavy atom. The molecule has 0 radical (unpaired) electrons. The van der Waals surface area contributed by atoms with Crippen LogP contribution in [0.5, 0.6) is 11.5 Å². The van der Waals surface area contributed by atoms with E-state index in [-0.39, 0.29) is 34.8 Å². The van der Waals surface area contributed by atoms with Gasteiger partial charge in [-0.1, -0.05) is 0 Å². The third kappa shape index (κ3) is 4.58. The lowest BCUT2D eigenvalue weighted by Crippen LogP contribution is -2.31. The third-order valence-corrected chi connectivity index (χ3v) is 6.83. The molecule has 0 fully saturated rings. The van der Waals surface area contributed by atoms with Gasteiger partial charge in [0.25, 0.3) is 23.6 Å². The van der Waals surface area contributed by atoms with Gasteiger partial charge >= 0.3 is 0 Å². The number of amides is 4. The zero-order valence-corrected chi connectivity index (χ0v) is 20.9. The molecule has 0 spiro atoms. The predicted molar refractivity (Wildman–Crippen MR) is 137 cm³/mol. The molecule has 4 heterocycles. The van der Waals surface area contributed by atoms with Crippen LogP contribution in [0, 0.1) is 0 Å². The van der Waals surface area contributed by atoms with Crippen LogP contribution in [0.2, 0.25) is 0 Å². The number of imide groups is 2. The highest BCUT2D eigenvalue weighted by Crippen LogP contribution is 2.32. The van der Waals surface area contributed by atoms with Crippen molar-refractivity contribution in [2.45, 2.75) is 25.9 Å². The molecule has 0 unspecified atom stereocenters. The molecule has 0 aliphatic carbocycles. The molecule has 2 aliphatic heterocycles. The van der Waals surface area contributed by atoms with Gasteiger partial charge in [0, 0.05) is 51.0 Å². The summed E-state index contributed by atoms with van der Waals surface area (Å²) in [6.45, 7) is 1.87. The van der Waals surface area contributed by atoms with Crippen LogP contribution in [-0.2, 0) is 13.1 Å². The molecule has 2 aliphatic rings. The normalized spacial score (nSPS) is 14.4. The van der Waals surface area contributed by atoms with Crippen molar-refractivity contribution in [3.8, 4) is 11.5 Å². The summed E-state index contributed by atoms with van der Waals surface area (Å²) in [5.74, 6) is -0.698. The second-order valence-electron chi connectivity index (χ2n) is 9.35. The summed E-state index contributed by atoms with van der Waals surface area (Å²) >= 11 is 0. The summed E-state index contributed by atoms with van der Waals surface area (Å²) in [5.41, 5.74) is 1.21. The molecular weight excluding hydrogens is 500 g/mol. The highest BCUT2D eigenvalue weighted by Gasteiger charge is 2.37. The van der Waals surface area contributed by atoms with Gasteiger partial charge in [-0.3, -0.25) is 29.0 Å². The van der Waals surface area contributed by atoms with E-state index in [0.29, 0.717) is 61.6 Å². The number of carbonyl (C=O) groups excluding carboxylic acids is 4. The van der Waals surface area contributed by atoms with Gasteiger partial charge in [0.15, 0.2) is 0 Å². The Morgan fingerprint density at radius 1 is 0.564 bits per heavy atom. The summed E-state index contributed by atoms with van der Waals surface area (Å²) in [6, 6.07) is 9.45. The van der Waals surface area contributed by atoms with E-state index in [1.54, 1.807) is 49.3 Å². The van der Waals surface area contributed by atoms with E-state index in [9.17, 15) is 19.2 Å². The van der Waals surface area contributed by atoms with E-state index in [1.807, 2.05) is 21.5 Å². The molecule has 4 amide bonds. The van der Waals surface area contributed by atoms with Gasteiger partial charge in [0.1, 0.15) is 11.5 Å². The molecule has 2 aromatic heterocycles. The molecule has 11 heteroatoms. The number of aryl methyl sites for hydroxylation is 2. The molecule has 0 N–H and O–H groups in total. The second-order valence-corrected chi connectivity index (χ2v) is 9.35. The molecule has 11 nitrogen and oxygen atoms in total. The van der Waals surface area contributed by atoms with Crippen LogP contribution in [-0.4, -0.2) is 65.6 Å².